The third-order valence-electron chi connectivity index (χ3n) is 3.13. The van der Waals surface area contributed by atoms with Gasteiger partial charge in [-0.05, 0) is 19.4 Å². The number of rotatable bonds is 5. The summed E-state index contributed by atoms with van der Waals surface area (Å²) in [6, 6.07) is 2.30. The first-order valence-corrected chi connectivity index (χ1v) is 6.34. The summed E-state index contributed by atoms with van der Waals surface area (Å²) in [7, 11) is 1.97. The van der Waals surface area contributed by atoms with Gasteiger partial charge in [-0.25, -0.2) is 4.98 Å². The highest BCUT2D eigenvalue weighted by atomic mass is 15.3. The standard InChI is InChI=1S/C13H21N5/c1-4-11(14)6-12-7-18(9-15-12)8-13-5-10(2)16-17(13)3/h5,7,9,11H,4,6,8,14H2,1-3H3. The predicted octanol–water partition coefficient (Wildman–Crippen LogP) is 1.25. The van der Waals surface area contributed by atoms with Crippen molar-refractivity contribution in [2.75, 3.05) is 0 Å². The highest BCUT2D eigenvalue weighted by molar-refractivity contribution is 5.10. The molecule has 0 spiro atoms. The minimum absolute atomic E-state index is 0.201. The second kappa shape index (κ2) is 5.35. The third-order valence-corrected chi connectivity index (χ3v) is 3.13. The van der Waals surface area contributed by atoms with E-state index in [4.69, 9.17) is 5.73 Å². The molecule has 0 radical (unpaired) electrons. The summed E-state index contributed by atoms with van der Waals surface area (Å²) in [6.45, 7) is 4.90. The smallest absolute Gasteiger partial charge is 0.0953 e. The van der Waals surface area contributed by atoms with E-state index in [-0.39, 0.29) is 6.04 Å². The molecule has 2 N–H and O–H groups in total. The Kier molecular flexibility index (Phi) is 3.81. The molecule has 2 heterocycles. The highest BCUT2D eigenvalue weighted by Gasteiger charge is 2.07. The molecule has 2 rings (SSSR count). The van der Waals surface area contributed by atoms with Gasteiger partial charge < -0.3 is 10.3 Å². The van der Waals surface area contributed by atoms with E-state index in [2.05, 4.69) is 33.8 Å². The van der Waals surface area contributed by atoms with Crippen LogP contribution in [0.15, 0.2) is 18.6 Å². The molecule has 0 fully saturated rings. The molecule has 1 unspecified atom stereocenters. The fraction of sp³-hybridized carbons (Fsp3) is 0.538. The van der Waals surface area contributed by atoms with Gasteiger partial charge in [-0.1, -0.05) is 6.92 Å². The van der Waals surface area contributed by atoms with Crippen LogP contribution in [0, 0.1) is 6.92 Å². The van der Waals surface area contributed by atoms with Crippen LogP contribution in [-0.4, -0.2) is 25.4 Å². The van der Waals surface area contributed by atoms with Crippen molar-refractivity contribution in [1.29, 1.82) is 0 Å². The quantitative estimate of drug-likeness (QED) is 0.865. The maximum atomic E-state index is 5.93. The Labute approximate surface area is 108 Å². The first-order valence-electron chi connectivity index (χ1n) is 6.34. The van der Waals surface area contributed by atoms with E-state index in [1.807, 2.05) is 25.0 Å². The molecule has 5 nitrogen and oxygen atoms in total. The molecular formula is C13H21N5. The van der Waals surface area contributed by atoms with Gasteiger partial charge in [0.25, 0.3) is 0 Å². The van der Waals surface area contributed by atoms with E-state index < -0.39 is 0 Å². The SMILES string of the molecule is CCC(N)Cc1cn(Cc2cc(C)nn2C)cn1. The Morgan fingerprint density at radius 1 is 1.44 bits per heavy atom. The van der Waals surface area contributed by atoms with Crippen LogP contribution < -0.4 is 5.73 Å². The Morgan fingerprint density at radius 3 is 2.83 bits per heavy atom. The third kappa shape index (κ3) is 2.98. The molecule has 0 saturated heterocycles. The molecule has 98 valence electrons. The zero-order valence-corrected chi connectivity index (χ0v) is 11.3. The molecule has 0 aromatic carbocycles. The molecule has 18 heavy (non-hydrogen) atoms. The number of nitrogens with two attached hydrogens (primary N) is 1. The summed E-state index contributed by atoms with van der Waals surface area (Å²) in [5, 5.41) is 4.34. The number of imidazole rings is 1. The minimum Gasteiger partial charge on any atom is -0.331 e. The van der Waals surface area contributed by atoms with Gasteiger partial charge in [0.1, 0.15) is 0 Å². The molecular weight excluding hydrogens is 226 g/mol. The van der Waals surface area contributed by atoms with Gasteiger partial charge in [-0.2, -0.15) is 5.10 Å². The zero-order valence-electron chi connectivity index (χ0n) is 11.3. The number of hydrogen-bond acceptors (Lipinski definition) is 3. The molecule has 0 amide bonds. The highest BCUT2D eigenvalue weighted by Crippen LogP contribution is 2.07. The monoisotopic (exact) mass is 247 g/mol. The molecule has 0 aliphatic rings. The van der Waals surface area contributed by atoms with Gasteiger partial charge >= 0.3 is 0 Å². The van der Waals surface area contributed by atoms with Crippen LogP contribution in [0.5, 0.6) is 0 Å². The van der Waals surface area contributed by atoms with Gasteiger partial charge in [0.2, 0.25) is 0 Å². The van der Waals surface area contributed by atoms with Gasteiger partial charge in [-0.15, -0.1) is 0 Å². The van der Waals surface area contributed by atoms with Crippen molar-refractivity contribution in [2.45, 2.75) is 39.3 Å². The summed E-state index contributed by atoms with van der Waals surface area (Å²) < 4.78 is 3.99. The molecule has 0 saturated carbocycles. The summed E-state index contributed by atoms with van der Waals surface area (Å²) in [4.78, 5) is 4.39. The zero-order chi connectivity index (χ0) is 13.1. The van der Waals surface area contributed by atoms with Crippen LogP contribution >= 0.6 is 0 Å². The van der Waals surface area contributed by atoms with Crippen LogP contribution in [-0.2, 0) is 20.0 Å². The van der Waals surface area contributed by atoms with Crippen molar-refractivity contribution < 1.29 is 0 Å². The lowest BCUT2D eigenvalue weighted by atomic mass is 10.1. The lowest BCUT2D eigenvalue weighted by Gasteiger charge is -2.05. The summed E-state index contributed by atoms with van der Waals surface area (Å²) in [6.07, 6.45) is 5.75. The Bertz CT molecular complexity index is 511. The molecule has 0 bridgehead atoms. The van der Waals surface area contributed by atoms with Crippen molar-refractivity contribution in [3.63, 3.8) is 0 Å². The Balaban J connectivity index is 2.04. The van der Waals surface area contributed by atoms with Crippen LogP contribution in [0.3, 0.4) is 0 Å². The lowest BCUT2D eigenvalue weighted by molar-refractivity contribution is 0.636. The van der Waals surface area contributed by atoms with E-state index in [1.54, 1.807) is 0 Å². The average Bonchev–Trinajstić information content (AvgIpc) is 2.87. The van der Waals surface area contributed by atoms with E-state index in [1.165, 1.54) is 5.69 Å². The molecule has 1 atom stereocenters. The van der Waals surface area contributed by atoms with Crippen molar-refractivity contribution in [3.8, 4) is 0 Å². The number of aromatic nitrogens is 4. The predicted molar refractivity (Wildman–Crippen MR) is 71.2 cm³/mol. The fourth-order valence-electron chi connectivity index (χ4n) is 2.01. The van der Waals surface area contributed by atoms with E-state index in [9.17, 15) is 0 Å². The van der Waals surface area contributed by atoms with Crippen LogP contribution in [0.1, 0.15) is 30.4 Å². The normalized spacial score (nSPS) is 12.9. The summed E-state index contributed by atoms with van der Waals surface area (Å²) in [5.41, 5.74) is 9.21. The second-order valence-electron chi connectivity index (χ2n) is 4.81. The first kappa shape index (κ1) is 12.8. The van der Waals surface area contributed by atoms with E-state index in [0.29, 0.717) is 0 Å². The number of nitrogens with zero attached hydrogens (tertiary/aromatic N) is 4. The van der Waals surface area contributed by atoms with Gasteiger partial charge in [0, 0.05) is 25.7 Å². The fourth-order valence-corrected chi connectivity index (χ4v) is 2.01. The topological polar surface area (TPSA) is 61.7 Å². The molecule has 0 aliphatic heterocycles. The largest absolute Gasteiger partial charge is 0.331 e. The molecule has 2 aromatic rings. The van der Waals surface area contributed by atoms with Crippen LogP contribution in [0.4, 0.5) is 0 Å². The Morgan fingerprint density at radius 2 is 2.22 bits per heavy atom. The maximum Gasteiger partial charge on any atom is 0.0953 e. The summed E-state index contributed by atoms with van der Waals surface area (Å²) >= 11 is 0. The van der Waals surface area contributed by atoms with Crippen molar-refractivity contribution >= 4 is 0 Å². The van der Waals surface area contributed by atoms with Crippen molar-refractivity contribution in [3.05, 3.63) is 35.7 Å². The lowest BCUT2D eigenvalue weighted by Crippen LogP contribution is -2.21. The maximum absolute atomic E-state index is 5.93. The number of aryl methyl sites for hydroxylation is 2. The van der Waals surface area contributed by atoms with Crippen molar-refractivity contribution in [2.24, 2.45) is 12.8 Å². The second-order valence-corrected chi connectivity index (χ2v) is 4.81. The number of hydrogen-bond donors (Lipinski definition) is 1. The first-order chi connectivity index (χ1) is 8.58. The molecule has 5 heteroatoms. The van der Waals surface area contributed by atoms with E-state index >= 15 is 0 Å². The van der Waals surface area contributed by atoms with Gasteiger partial charge in [0.05, 0.1) is 30.0 Å². The van der Waals surface area contributed by atoms with Gasteiger partial charge in [-0.3, -0.25) is 4.68 Å². The Hall–Kier alpha value is -1.62. The minimum atomic E-state index is 0.201. The average molecular weight is 247 g/mol. The van der Waals surface area contributed by atoms with Crippen molar-refractivity contribution in [1.82, 2.24) is 19.3 Å². The van der Waals surface area contributed by atoms with Crippen LogP contribution in [0.25, 0.3) is 0 Å². The van der Waals surface area contributed by atoms with Crippen LogP contribution in [0.2, 0.25) is 0 Å². The van der Waals surface area contributed by atoms with Gasteiger partial charge in [0.15, 0.2) is 0 Å². The summed E-state index contributed by atoms with van der Waals surface area (Å²) in [5.74, 6) is 0. The van der Waals surface area contributed by atoms with E-state index in [0.717, 1.165) is 30.8 Å². The molecule has 0 aliphatic carbocycles. The molecule has 2 aromatic heterocycles.